The zero-order valence-electron chi connectivity index (χ0n) is 11.9. The number of rotatable bonds is 9. The van der Waals surface area contributed by atoms with Crippen molar-refractivity contribution in [3.63, 3.8) is 0 Å². The van der Waals surface area contributed by atoms with Crippen LogP contribution in [0.3, 0.4) is 0 Å². The molecule has 0 aromatic heterocycles. The van der Waals surface area contributed by atoms with Crippen molar-refractivity contribution in [3.05, 3.63) is 28.8 Å². The van der Waals surface area contributed by atoms with E-state index in [1.54, 1.807) is 7.11 Å². The van der Waals surface area contributed by atoms with Gasteiger partial charge >= 0.3 is 0 Å². The van der Waals surface area contributed by atoms with Crippen LogP contribution in [0.15, 0.2) is 18.2 Å². The molecular formula is C15H25Cl2NO. The van der Waals surface area contributed by atoms with Crippen molar-refractivity contribution in [1.29, 1.82) is 0 Å². The lowest BCUT2D eigenvalue weighted by Crippen LogP contribution is -2.15. The Morgan fingerprint density at radius 1 is 1.16 bits per heavy atom. The van der Waals surface area contributed by atoms with Crippen molar-refractivity contribution in [2.45, 2.75) is 45.6 Å². The van der Waals surface area contributed by atoms with Crippen LogP contribution in [0.4, 0.5) is 0 Å². The van der Waals surface area contributed by atoms with Crippen LogP contribution in [-0.2, 0) is 6.54 Å². The molecule has 1 N–H and O–H groups in total. The lowest BCUT2D eigenvalue weighted by atomic mass is 10.1. The molecule has 1 aromatic rings. The van der Waals surface area contributed by atoms with Crippen molar-refractivity contribution in [1.82, 2.24) is 5.32 Å². The molecule has 0 saturated carbocycles. The predicted molar refractivity (Wildman–Crippen MR) is 85.7 cm³/mol. The van der Waals surface area contributed by atoms with Crippen LogP contribution in [0.1, 0.15) is 44.6 Å². The summed E-state index contributed by atoms with van der Waals surface area (Å²) in [5.41, 5.74) is 1.12. The standard InChI is InChI=1S/C15H24ClNO.ClH/c1-3-4-5-6-7-10-17-12-13-11-14(16)8-9-15(13)18-2;/h8-9,11,17H,3-7,10,12H2,1-2H3;1H. The summed E-state index contributed by atoms with van der Waals surface area (Å²) >= 11 is 5.99. The van der Waals surface area contributed by atoms with Gasteiger partial charge in [0.1, 0.15) is 5.75 Å². The molecule has 0 bridgehead atoms. The molecule has 0 spiro atoms. The summed E-state index contributed by atoms with van der Waals surface area (Å²) in [6.07, 6.45) is 6.55. The second kappa shape index (κ2) is 11.4. The third-order valence-electron chi connectivity index (χ3n) is 3.02. The van der Waals surface area contributed by atoms with Crippen molar-refractivity contribution < 1.29 is 4.74 Å². The molecule has 0 unspecified atom stereocenters. The number of nitrogens with one attached hydrogen (secondary N) is 1. The molecule has 110 valence electrons. The first-order valence-corrected chi connectivity index (χ1v) is 7.19. The molecule has 0 atom stereocenters. The minimum absolute atomic E-state index is 0. The highest BCUT2D eigenvalue weighted by Crippen LogP contribution is 2.22. The van der Waals surface area contributed by atoms with Crippen molar-refractivity contribution in [3.8, 4) is 5.75 Å². The number of ether oxygens (including phenoxy) is 1. The maximum absolute atomic E-state index is 5.99. The molecule has 0 aliphatic carbocycles. The van der Waals surface area contributed by atoms with Crippen LogP contribution < -0.4 is 10.1 Å². The third kappa shape index (κ3) is 7.66. The van der Waals surface area contributed by atoms with Gasteiger partial charge in [-0.1, -0.05) is 44.2 Å². The first-order chi connectivity index (χ1) is 8.77. The summed E-state index contributed by atoms with van der Waals surface area (Å²) in [7, 11) is 1.69. The summed E-state index contributed by atoms with van der Waals surface area (Å²) in [5.74, 6) is 0.901. The maximum Gasteiger partial charge on any atom is 0.123 e. The molecule has 4 heteroatoms. The summed E-state index contributed by atoms with van der Waals surface area (Å²) in [6.45, 7) is 4.11. The fourth-order valence-electron chi connectivity index (χ4n) is 1.96. The van der Waals surface area contributed by atoms with Crippen LogP contribution in [0, 0.1) is 0 Å². The minimum Gasteiger partial charge on any atom is -0.496 e. The van der Waals surface area contributed by atoms with E-state index in [1.807, 2.05) is 18.2 Å². The Labute approximate surface area is 128 Å². The van der Waals surface area contributed by atoms with Gasteiger partial charge in [0, 0.05) is 17.1 Å². The van der Waals surface area contributed by atoms with Crippen molar-refractivity contribution >= 4 is 24.0 Å². The molecule has 0 radical (unpaired) electrons. The SMILES string of the molecule is CCCCCCCNCc1cc(Cl)ccc1OC.Cl. The highest BCUT2D eigenvalue weighted by Gasteiger charge is 2.02. The molecule has 19 heavy (non-hydrogen) atoms. The molecular weight excluding hydrogens is 281 g/mol. The average Bonchev–Trinajstić information content (AvgIpc) is 2.38. The largest absolute Gasteiger partial charge is 0.496 e. The number of halogens is 2. The van der Waals surface area contributed by atoms with Gasteiger partial charge in [0.05, 0.1) is 7.11 Å². The van der Waals surface area contributed by atoms with Gasteiger partial charge in [0.25, 0.3) is 0 Å². The second-order valence-electron chi connectivity index (χ2n) is 4.55. The zero-order valence-corrected chi connectivity index (χ0v) is 13.4. The normalized spacial score (nSPS) is 10.1. The highest BCUT2D eigenvalue weighted by molar-refractivity contribution is 6.30. The van der Waals surface area contributed by atoms with Crippen LogP contribution in [0.5, 0.6) is 5.75 Å². The van der Waals surface area contributed by atoms with E-state index in [2.05, 4.69) is 12.2 Å². The average molecular weight is 306 g/mol. The van der Waals surface area contributed by atoms with Crippen molar-refractivity contribution in [2.24, 2.45) is 0 Å². The van der Waals surface area contributed by atoms with Gasteiger partial charge in [-0.05, 0) is 31.2 Å². The van der Waals surface area contributed by atoms with Crippen molar-refractivity contribution in [2.75, 3.05) is 13.7 Å². The van der Waals surface area contributed by atoms with Crippen LogP contribution >= 0.6 is 24.0 Å². The lowest BCUT2D eigenvalue weighted by molar-refractivity contribution is 0.407. The Bertz CT molecular complexity index is 345. The minimum atomic E-state index is 0. The van der Waals surface area contributed by atoms with E-state index >= 15 is 0 Å². The van der Waals surface area contributed by atoms with Gasteiger partial charge in [-0.15, -0.1) is 12.4 Å². The smallest absolute Gasteiger partial charge is 0.123 e. The predicted octanol–water partition coefficient (Wildman–Crippen LogP) is 4.83. The van der Waals surface area contributed by atoms with Crippen LogP contribution in [0.25, 0.3) is 0 Å². The van der Waals surface area contributed by atoms with Gasteiger partial charge in [-0.25, -0.2) is 0 Å². The Balaban J connectivity index is 0.00000324. The van der Waals surface area contributed by atoms with E-state index in [-0.39, 0.29) is 12.4 Å². The summed E-state index contributed by atoms with van der Waals surface area (Å²) in [5, 5.41) is 4.20. The van der Waals surface area contributed by atoms with Gasteiger partial charge in [0.15, 0.2) is 0 Å². The number of unbranched alkanes of at least 4 members (excludes halogenated alkanes) is 4. The Hall–Kier alpha value is -0.440. The van der Waals surface area contributed by atoms with Gasteiger partial charge in [-0.3, -0.25) is 0 Å². The quantitative estimate of drug-likeness (QED) is 0.660. The molecule has 2 nitrogen and oxygen atoms in total. The molecule has 0 saturated heterocycles. The highest BCUT2D eigenvalue weighted by atomic mass is 35.5. The van der Waals surface area contributed by atoms with Gasteiger partial charge in [0.2, 0.25) is 0 Å². The van der Waals surface area contributed by atoms with E-state index in [9.17, 15) is 0 Å². The molecule has 0 aliphatic heterocycles. The Kier molecular flexibility index (Phi) is 11.1. The Morgan fingerprint density at radius 3 is 2.58 bits per heavy atom. The number of benzene rings is 1. The van der Waals surface area contributed by atoms with Crippen LogP contribution in [-0.4, -0.2) is 13.7 Å². The molecule has 0 fully saturated rings. The summed E-state index contributed by atoms with van der Waals surface area (Å²) < 4.78 is 5.31. The molecule has 0 heterocycles. The van der Waals surface area contributed by atoms with Gasteiger partial charge in [-0.2, -0.15) is 0 Å². The molecule has 0 aliphatic rings. The molecule has 1 aromatic carbocycles. The van der Waals surface area contributed by atoms with E-state index in [0.29, 0.717) is 0 Å². The molecule has 0 amide bonds. The maximum atomic E-state index is 5.99. The van der Waals surface area contributed by atoms with E-state index in [0.717, 1.165) is 29.4 Å². The fraction of sp³-hybridized carbons (Fsp3) is 0.600. The number of methoxy groups -OCH3 is 1. The number of hydrogen-bond donors (Lipinski definition) is 1. The molecule has 1 rings (SSSR count). The number of hydrogen-bond acceptors (Lipinski definition) is 2. The second-order valence-corrected chi connectivity index (χ2v) is 4.98. The van der Waals surface area contributed by atoms with E-state index < -0.39 is 0 Å². The Morgan fingerprint density at radius 2 is 1.89 bits per heavy atom. The summed E-state index contributed by atoms with van der Waals surface area (Å²) in [4.78, 5) is 0. The monoisotopic (exact) mass is 305 g/mol. The fourth-order valence-corrected chi connectivity index (χ4v) is 2.16. The van der Waals surface area contributed by atoms with Gasteiger partial charge < -0.3 is 10.1 Å². The van der Waals surface area contributed by atoms with Crippen LogP contribution in [0.2, 0.25) is 5.02 Å². The zero-order chi connectivity index (χ0) is 13.2. The topological polar surface area (TPSA) is 21.3 Å². The first-order valence-electron chi connectivity index (χ1n) is 6.81. The first kappa shape index (κ1) is 18.6. The van der Waals surface area contributed by atoms with E-state index in [1.165, 1.54) is 32.1 Å². The lowest BCUT2D eigenvalue weighted by Gasteiger charge is -2.10. The van der Waals surface area contributed by atoms with E-state index in [4.69, 9.17) is 16.3 Å². The third-order valence-corrected chi connectivity index (χ3v) is 3.25. The summed E-state index contributed by atoms with van der Waals surface area (Å²) in [6, 6.07) is 5.74.